The van der Waals surface area contributed by atoms with Gasteiger partial charge in [0.1, 0.15) is 18.1 Å². The minimum absolute atomic E-state index is 0.343. The molecule has 0 bridgehead atoms. The van der Waals surface area contributed by atoms with Crippen molar-refractivity contribution in [1.29, 1.82) is 0 Å². The first kappa shape index (κ1) is 18.9. The molecule has 0 saturated heterocycles. The fourth-order valence-electron chi connectivity index (χ4n) is 3.04. The number of carbonyl (C=O) groups is 1. The van der Waals surface area contributed by atoms with Gasteiger partial charge in [-0.2, -0.15) is 0 Å². The number of ether oxygens (including phenoxy) is 1. The van der Waals surface area contributed by atoms with E-state index in [-0.39, 0.29) is 0 Å². The van der Waals surface area contributed by atoms with Crippen LogP contribution in [0.2, 0.25) is 0 Å². The predicted molar refractivity (Wildman–Crippen MR) is 110 cm³/mol. The number of carbonyl (C=O) groups excluding carboxylic acids is 1. The zero-order chi connectivity index (χ0) is 18.7. The molecule has 0 aliphatic carbocycles. The monoisotopic (exact) mass is 358 g/mol. The van der Waals surface area contributed by atoms with Gasteiger partial charge in [-0.3, -0.25) is 4.79 Å². The molecule has 0 heterocycles. The highest BCUT2D eigenvalue weighted by molar-refractivity contribution is 5.78. The molecule has 0 aromatic heterocycles. The van der Waals surface area contributed by atoms with Crippen molar-refractivity contribution < 1.29 is 9.53 Å². The van der Waals surface area contributed by atoms with E-state index in [1.54, 1.807) is 0 Å². The van der Waals surface area contributed by atoms with Crippen LogP contribution in [-0.4, -0.2) is 5.78 Å². The number of benzene rings is 3. The lowest BCUT2D eigenvalue weighted by molar-refractivity contribution is -0.119. The van der Waals surface area contributed by atoms with Crippen molar-refractivity contribution in [3.63, 3.8) is 0 Å². The number of hydrogen-bond donors (Lipinski definition) is 0. The van der Waals surface area contributed by atoms with Crippen LogP contribution < -0.4 is 4.74 Å². The number of Topliss-reactive ketones (excluding diaryl/α,β-unsaturated/α-hetero) is 1. The summed E-state index contributed by atoms with van der Waals surface area (Å²) in [7, 11) is 0. The van der Waals surface area contributed by atoms with Gasteiger partial charge in [-0.25, -0.2) is 0 Å². The third kappa shape index (κ3) is 6.74. The normalized spacial score (nSPS) is 10.5. The fraction of sp³-hybridized carbons (Fsp3) is 0.240. The Labute approximate surface area is 161 Å². The lowest BCUT2D eigenvalue weighted by Crippen LogP contribution is -2.01. The predicted octanol–water partition coefficient (Wildman–Crippen LogP) is 5.79. The van der Waals surface area contributed by atoms with Gasteiger partial charge in [0.15, 0.2) is 0 Å². The first-order valence-electron chi connectivity index (χ1n) is 9.61. The highest BCUT2D eigenvalue weighted by Crippen LogP contribution is 2.16. The topological polar surface area (TPSA) is 26.3 Å². The zero-order valence-electron chi connectivity index (χ0n) is 15.6. The van der Waals surface area contributed by atoms with E-state index in [1.165, 1.54) is 11.1 Å². The lowest BCUT2D eigenvalue weighted by atomic mass is 10.0. The standard InChI is InChI=1S/C25H26O2/c26-24(13-7-12-21-8-3-1-4-9-21)17-14-22-15-18-25(19-16-22)27-20-23-10-5-2-6-11-23/h1-6,8-11,15-16,18-19H,7,12-14,17,20H2. The Balaban J connectivity index is 1.36. The SMILES string of the molecule is O=C(CCCc1ccccc1)CCc1ccc(OCc2ccccc2)cc1. The molecule has 0 N–H and O–H groups in total. The number of rotatable bonds is 10. The summed E-state index contributed by atoms with van der Waals surface area (Å²) in [6, 6.07) is 28.6. The van der Waals surface area contributed by atoms with Crippen LogP contribution in [0, 0.1) is 0 Å². The van der Waals surface area contributed by atoms with Gasteiger partial charge in [-0.15, -0.1) is 0 Å². The Morgan fingerprint density at radius 1 is 0.630 bits per heavy atom. The highest BCUT2D eigenvalue weighted by Gasteiger charge is 2.04. The molecule has 27 heavy (non-hydrogen) atoms. The van der Waals surface area contributed by atoms with Gasteiger partial charge in [0.2, 0.25) is 0 Å². The van der Waals surface area contributed by atoms with Crippen LogP contribution in [0.1, 0.15) is 36.0 Å². The summed E-state index contributed by atoms with van der Waals surface area (Å²) in [6.07, 6.45) is 3.96. The molecule has 3 aromatic rings. The molecule has 0 spiro atoms. The molecule has 2 heteroatoms. The third-order valence-electron chi connectivity index (χ3n) is 4.63. The van der Waals surface area contributed by atoms with E-state index in [1.807, 2.05) is 48.5 Å². The van der Waals surface area contributed by atoms with Crippen molar-refractivity contribution in [3.05, 3.63) is 102 Å². The summed E-state index contributed by atoms with van der Waals surface area (Å²) in [5.74, 6) is 1.20. The maximum atomic E-state index is 12.1. The minimum atomic E-state index is 0.343. The Morgan fingerprint density at radius 3 is 1.89 bits per heavy atom. The van der Waals surface area contributed by atoms with Crippen molar-refractivity contribution in [2.75, 3.05) is 0 Å². The van der Waals surface area contributed by atoms with Crippen LogP contribution >= 0.6 is 0 Å². The molecule has 0 aliphatic rings. The highest BCUT2D eigenvalue weighted by atomic mass is 16.5. The molecular formula is C25H26O2. The number of aryl methyl sites for hydroxylation is 2. The smallest absolute Gasteiger partial charge is 0.133 e. The Morgan fingerprint density at radius 2 is 1.22 bits per heavy atom. The van der Waals surface area contributed by atoms with Crippen LogP contribution in [0.25, 0.3) is 0 Å². The van der Waals surface area contributed by atoms with E-state index in [9.17, 15) is 4.79 Å². The summed E-state index contributed by atoms with van der Waals surface area (Å²) in [6.45, 7) is 0.570. The zero-order valence-corrected chi connectivity index (χ0v) is 15.6. The largest absolute Gasteiger partial charge is 0.489 e. The van der Waals surface area contributed by atoms with Crippen molar-refractivity contribution >= 4 is 5.78 Å². The summed E-state index contributed by atoms with van der Waals surface area (Å²) in [5, 5.41) is 0. The van der Waals surface area contributed by atoms with Gasteiger partial charge in [0.25, 0.3) is 0 Å². The number of hydrogen-bond acceptors (Lipinski definition) is 2. The third-order valence-corrected chi connectivity index (χ3v) is 4.63. The van der Waals surface area contributed by atoms with E-state index < -0.39 is 0 Å². The molecule has 3 rings (SSSR count). The summed E-state index contributed by atoms with van der Waals surface area (Å²) in [4.78, 5) is 12.1. The summed E-state index contributed by atoms with van der Waals surface area (Å²) >= 11 is 0. The Kier molecular flexibility index (Phi) is 7.23. The maximum absolute atomic E-state index is 12.1. The van der Waals surface area contributed by atoms with Crippen molar-refractivity contribution in [2.45, 2.75) is 38.7 Å². The van der Waals surface area contributed by atoms with Crippen molar-refractivity contribution in [2.24, 2.45) is 0 Å². The van der Waals surface area contributed by atoms with Crippen LogP contribution in [-0.2, 0) is 24.2 Å². The van der Waals surface area contributed by atoms with E-state index in [0.29, 0.717) is 25.2 Å². The van der Waals surface area contributed by atoms with Gasteiger partial charge in [-0.05, 0) is 48.1 Å². The maximum Gasteiger partial charge on any atom is 0.133 e. The second-order valence-corrected chi connectivity index (χ2v) is 6.80. The molecular weight excluding hydrogens is 332 g/mol. The lowest BCUT2D eigenvalue weighted by Gasteiger charge is -2.07. The second-order valence-electron chi connectivity index (χ2n) is 6.80. The average Bonchev–Trinajstić information content (AvgIpc) is 2.73. The van der Waals surface area contributed by atoms with Gasteiger partial charge in [0, 0.05) is 12.8 Å². The van der Waals surface area contributed by atoms with Crippen molar-refractivity contribution in [1.82, 2.24) is 0 Å². The fourth-order valence-corrected chi connectivity index (χ4v) is 3.04. The molecule has 0 radical (unpaired) electrons. The van der Waals surface area contributed by atoms with E-state index >= 15 is 0 Å². The van der Waals surface area contributed by atoms with E-state index in [4.69, 9.17) is 4.74 Å². The van der Waals surface area contributed by atoms with Crippen LogP contribution in [0.15, 0.2) is 84.9 Å². The van der Waals surface area contributed by atoms with Crippen LogP contribution in [0.4, 0.5) is 0 Å². The van der Waals surface area contributed by atoms with E-state index in [0.717, 1.165) is 30.6 Å². The molecule has 0 unspecified atom stereocenters. The van der Waals surface area contributed by atoms with Crippen LogP contribution in [0.3, 0.4) is 0 Å². The minimum Gasteiger partial charge on any atom is -0.489 e. The van der Waals surface area contributed by atoms with Gasteiger partial charge in [-0.1, -0.05) is 72.8 Å². The van der Waals surface area contributed by atoms with Gasteiger partial charge < -0.3 is 4.74 Å². The Hall–Kier alpha value is -2.87. The molecule has 0 saturated carbocycles. The molecule has 3 aromatic carbocycles. The molecule has 0 atom stereocenters. The summed E-state index contributed by atoms with van der Waals surface area (Å²) < 4.78 is 5.80. The average molecular weight is 358 g/mol. The molecule has 0 fully saturated rings. The molecule has 138 valence electrons. The van der Waals surface area contributed by atoms with Gasteiger partial charge in [0.05, 0.1) is 0 Å². The van der Waals surface area contributed by atoms with Crippen LogP contribution in [0.5, 0.6) is 5.75 Å². The van der Waals surface area contributed by atoms with E-state index in [2.05, 4.69) is 36.4 Å². The first-order chi connectivity index (χ1) is 13.3. The van der Waals surface area contributed by atoms with Crippen molar-refractivity contribution in [3.8, 4) is 5.75 Å². The molecule has 0 aliphatic heterocycles. The summed E-state index contributed by atoms with van der Waals surface area (Å²) in [5.41, 5.74) is 3.64. The Bertz CT molecular complexity index is 808. The second kappa shape index (κ2) is 10.3. The van der Waals surface area contributed by atoms with Gasteiger partial charge >= 0.3 is 0 Å². The molecule has 0 amide bonds. The molecule has 2 nitrogen and oxygen atoms in total. The number of ketones is 1. The first-order valence-corrected chi connectivity index (χ1v) is 9.61. The quantitative estimate of drug-likeness (QED) is 0.458.